The van der Waals surface area contributed by atoms with Crippen molar-refractivity contribution in [1.29, 1.82) is 0 Å². The fourth-order valence-corrected chi connectivity index (χ4v) is 5.13. The highest BCUT2D eigenvalue weighted by Gasteiger charge is 2.17. The number of nitrogens with zero attached hydrogens (tertiary/aromatic N) is 1. The van der Waals surface area contributed by atoms with E-state index < -0.39 is 10.0 Å². The molecule has 1 saturated heterocycles. The molecule has 0 radical (unpaired) electrons. The van der Waals surface area contributed by atoms with E-state index in [0.29, 0.717) is 17.8 Å². The zero-order chi connectivity index (χ0) is 23.4. The van der Waals surface area contributed by atoms with Crippen molar-refractivity contribution in [2.24, 2.45) is 0 Å². The second-order valence-electron chi connectivity index (χ2n) is 8.43. The van der Waals surface area contributed by atoms with Crippen LogP contribution in [0.4, 0.5) is 11.4 Å². The summed E-state index contributed by atoms with van der Waals surface area (Å²) in [4.78, 5) is 15.2. The molecule has 0 aromatic heterocycles. The van der Waals surface area contributed by atoms with Gasteiger partial charge in [0.1, 0.15) is 0 Å². The minimum atomic E-state index is -3.70. The predicted octanol–water partition coefficient (Wildman–Crippen LogP) is 4.63. The van der Waals surface area contributed by atoms with E-state index in [1.165, 1.54) is 18.5 Å². The summed E-state index contributed by atoms with van der Waals surface area (Å²) in [6.45, 7) is 6.35. The smallest absolute Gasteiger partial charge is 0.261 e. The van der Waals surface area contributed by atoms with Gasteiger partial charge in [0.25, 0.3) is 15.9 Å². The minimum Gasteiger partial charge on any atom is -0.371 e. The molecule has 0 bridgehead atoms. The Kier molecular flexibility index (Phi) is 6.70. The van der Waals surface area contributed by atoms with E-state index in [9.17, 15) is 13.2 Å². The van der Waals surface area contributed by atoms with Crippen LogP contribution >= 0.6 is 0 Å². The Morgan fingerprint density at radius 1 is 0.909 bits per heavy atom. The fraction of sp³-hybridized carbons (Fsp3) is 0.269. The lowest BCUT2D eigenvalue weighted by Gasteiger charge is -2.21. The lowest BCUT2D eigenvalue weighted by molar-refractivity contribution is 0.0951. The molecule has 6 nitrogen and oxygen atoms in total. The molecule has 1 aliphatic rings. The van der Waals surface area contributed by atoms with Gasteiger partial charge in [-0.25, -0.2) is 8.42 Å². The fourth-order valence-electron chi connectivity index (χ4n) is 3.99. The quantitative estimate of drug-likeness (QED) is 0.535. The molecule has 4 rings (SSSR count). The molecule has 1 amide bonds. The maximum atomic E-state index is 12.7. The van der Waals surface area contributed by atoms with Gasteiger partial charge in [-0.1, -0.05) is 24.3 Å². The number of nitrogens with one attached hydrogen (secondary N) is 2. The Hall–Kier alpha value is -3.32. The SMILES string of the molecule is Cc1ccc(S(=O)(=O)Nc2ccc(C(=O)NCc3ccccc3N3CCCC3)cc2)cc1C. The molecule has 0 saturated carbocycles. The van der Waals surface area contributed by atoms with Crippen LogP contribution in [0.2, 0.25) is 0 Å². The van der Waals surface area contributed by atoms with E-state index in [0.717, 1.165) is 29.8 Å². The summed E-state index contributed by atoms with van der Waals surface area (Å²) < 4.78 is 28.0. The standard InChI is InChI=1S/C26H29N3O3S/c1-19-9-14-24(17-20(19)2)33(31,32)28-23-12-10-21(11-13-23)26(30)27-18-22-7-3-4-8-25(22)29-15-5-6-16-29/h3-4,7-14,17,28H,5-6,15-16,18H2,1-2H3,(H,27,30). The van der Waals surface area contributed by atoms with Crippen molar-refractivity contribution < 1.29 is 13.2 Å². The molecular weight excluding hydrogens is 434 g/mol. The zero-order valence-electron chi connectivity index (χ0n) is 19.0. The maximum absolute atomic E-state index is 12.7. The number of sulfonamides is 1. The average Bonchev–Trinajstić information content (AvgIpc) is 3.34. The molecule has 1 heterocycles. The second kappa shape index (κ2) is 9.67. The van der Waals surface area contributed by atoms with Crippen molar-refractivity contribution >= 4 is 27.3 Å². The van der Waals surface area contributed by atoms with Gasteiger partial charge >= 0.3 is 0 Å². The first-order valence-corrected chi connectivity index (χ1v) is 12.6. The van der Waals surface area contributed by atoms with Crippen LogP contribution in [0.1, 0.15) is 39.9 Å². The van der Waals surface area contributed by atoms with Gasteiger partial charge in [0.05, 0.1) is 4.90 Å². The highest BCUT2D eigenvalue weighted by atomic mass is 32.2. The average molecular weight is 464 g/mol. The molecule has 33 heavy (non-hydrogen) atoms. The van der Waals surface area contributed by atoms with Crippen molar-refractivity contribution in [3.8, 4) is 0 Å². The largest absolute Gasteiger partial charge is 0.371 e. The van der Waals surface area contributed by atoms with Gasteiger partial charge < -0.3 is 10.2 Å². The molecule has 1 fully saturated rings. The van der Waals surface area contributed by atoms with E-state index in [4.69, 9.17) is 0 Å². The number of aryl methyl sites for hydroxylation is 2. The Labute approximate surface area is 195 Å². The molecule has 2 N–H and O–H groups in total. The number of hydrogen-bond donors (Lipinski definition) is 2. The van der Waals surface area contributed by atoms with Crippen molar-refractivity contribution in [2.45, 2.75) is 38.1 Å². The monoisotopic (exact) mass is 463 g/mol. The summed E-state index contributed by atoms with van der Waals surface area (Å²) in [5, 5.41) is 2.98. The first-order chi connectivity index (χ1) is 15.8. The number of carbonyl (C=O) groups is 1. The van der Waals surface area contributed by atoms with E-state index in [1.807, 2.05) is 32.0 Å². The van der Waals surface area contributed by atoms with Crippen molar-refractivity contribution in [3.05, 3.63) is 89.0 Å². The van der Waals surface area contributed by atoms with Gasteiger partial charge in [0.2, 0.25) is 0 Å². The highest BCUT2D eigenvalue weighted by Crippen LogP contribution is 2.24. The first-order valence-electron chi connectivity index (χ1n) is 11.1. The van der Waals surface area contributed by atoms with E-state index in [-0.39, 0.29) is 10.8 Å². The third-order valence-corrected chi connectivity index (χ3v) is 7.44. The topological polar surface area (TPSA) is 78.5 Å². The third kappa shape index (κ3) is 5.37. The highest BCUT2D eigenvalue weighted by molar-refractivity contribution is 7.92. The molecule has 7 heteroatoms. The Morgan fingerprint density at radius 2 is 1.61 bits per heavy atom. The lowest BCUT2D eigenvalue weighted by atomic mass is 10.1. The van der Waals surface area contributed by atoms with Crippen LogP contribution in [-0.4, -0.2) is 27.4 Å². The molecule has 0 aliphatic carbocycles. The van der Waals surface area contributed by atoms with Crippen LogP contribution in [0.5, 0.6) is 0 Å². The molecule has 172 valence electrons. The van der Waals surface area contributed by atoms with Gasteiger partial charge in [-0.15, -0.1) is 0 Å². The Morgan fingerprint density at radius 3 is 2.30 bits per heavy atom. The van der Waals surface area contributed by atoms with Crippen LogP contribution in [0.15, 0.2) is 71.6 Å². The second-order valence-corrected chi connectivity index (χ2v) is 10.1. The Balaban J connectivity index is 1.40. The van der Waals surface area contributed by atoms with Gasteiger partial charge in [0, 0.05) is 36.6 Å². The maximum Gasteiger partial charge on any atom is 0.261 e. The van der Waals surface area contributed by atoms with Crippen molar-refractivity contribution in [3.63, 3.8) is 0 Å². The minimum absolute atomic E-state index is 0.199. The van der Waals surface area contributed by atoms with Gasteiger partial charge in [-0.05, 0) is 85.8 Å². The summed E-state index contributed by atoms with van der Waals surface area (Å²) in [6.07, 6.45) is 2.39. The van der Waals surface area contributed by atoms with Crippen LogP contribution in [0, 0.1) is 13.8 Å². The number of hydrogen-bond acceptors (Lipinski definition) is 4. The van der Waals surface area contributed by atoms with Crippen LogP contribution in [0.3, 0.4) is 0 Å². The summed E-state index contributed by atoms with van der Waals surface area (Å²) in [5.41, 5.74) is 5.09. The van der Waals surface area contributed by atoms with E-state index >= 15 is 0 Å². The van der Waals surface area contributed by atoms with Crippen LogP contribution in [0.25, 0.3) is 0 Å². The third-order valence-electron chi connectivity index (χ3n) is 6.07. The molecule has 3 aromatic rings. The first kappa shape index (κ1) is 22.9. The predicted molar refractivity (Wildman–Crippen MR) is 132 cm³/mol. The van der Waals surface area contributed by atoms with Crippen molar-refractivity contribution in [1.82, 2.24) is 5.32 Å². The number of carbonyl (C=O) groups excluding carboxylic acids is 1. The van der Waals surface area contributed by atoms with E-state index in [1.54, 1.807) is 42.5 Å². The van der Waals surface area contributed by atoms with Crippen LogP contribution in [-0.2, 0) is 16.6 Å². The van der Waals surface area contributed by atoms with Crippen molar-refractivity contribution in [2.75, 3.05) is 22.7 Å². The summed E-state index contributed by atoms with van der Waals surface area (Å²) in [5.74, 6) is -0.199. The number of anilines is 2. The van der Waals surface area contributed by atoms with Gasteiger partial charge in [-0.3, -0.25) is 9.52 Å². The number of benzene rings is 3. The zero-order valence-corrected chi connectivity index (χ0v) is 19.8. The van der Waals surface area contributed by atoms with Gasteiger partial charge in [-0.2, -0.15) is 0 Å². The molecule has 0 atom stereocenters. The normalized spacial score (nSPS) is 13.7. The van der Waals surface area contributed by atoms with Crippen LogP contribution < -0.4 is 14.9 Å². The molecule has 0 unspecified atom stereocenters. The Bertz CT molecular complexity index is 1250. The summed E-state index contributed by atoms with van der Waals surface area (Å²) in [6, 6.07) is 19.6. The number of amides is 1. The summed E-state index contributed by atoms with van der Waals surface area (Å²) in [7, 11) is -3.70. The van der Waals surface area contributed by atoms with Gasteiger partial charge in [0.15, 0.2) is 0 Å². The lowest BCUT2D eigenvalue weighted by Crippen LogP contribution is -2.25. The molecule has 0 spiro atoms. The number of rotatable bonds is 7. The van der Waals surface area contributed by atoms with E-state index in [2.05, 4.69) is 21.0 Å². The molecule has 1 aliphatic heterocycles. The summed E-state index contributed by atoms with van der Waals surface area (Å²) >= 11 is 0. The number of para-hydroxylation sites is 1. The molecular formula is C26H29N3O3S. The molecule has 3 aromatic carbocycles.